The Morgan fingerprint density at radius 3 is 2.37 bits per heavy atom. The number of benzene rings is 2. The first-order valence-electron chi connectivity index (χ1n) is 8.81. The van der Waals surface area contributed by atoms with Crippen LogP contribution in [-0.4, -0.2) is 36.3 Å². The number of aromatic nitrogens is 2. The van der Waals surface area contributed by atoms with Crippen LogP contribution in [-0.2, 0) is 4.74 Å². The van der Waals surface area contributed by atoms with Gasteiger partial charge in [0.25, 0.3) is 0 Å². The molecule has 2 aromatic carbocycles. The Morgan fingerprint density at radius 2 is 1.59 bits per heavy atom. The molecule has 0 amide bonds. The predicted molar refractivity (Wildman–Crippen MR) is 110 cm³/mol. The highest BCUT2D eigenvalue weighted by Crippen LogP contribution is 2.29. The highest BCUT2D eigenvalue weighted by atomic mass is 35.5. The summed E-state index contributed by atoms with van der Waals surface area (Å²) < 4.78 is 5.46. The molecule has 1 saturated heterocycles. The second-order valence-electron chi connectivity index (χ2n) is 6.16. The topological polar surface area (TPSA) is 62.3 Å². The lowest BCUT2D eigenvalue weighted by atomic mass is 10.2. The lowest BCUT2D eigenvalue weighted by molar-refractivity contribution is 0.123. The van der Waals surface area contributed by atoms with Gasteiger partial charge in [-0.2, -0.15) is 0 Å². The Bertz CT molecular complexity index is 897. The van der Waals surface area contributed by atoms with Crippen molar-refractivity contribution in [2.24, 2.45) is 0 Å². The van der Waals surface area contributed by atoms with E-state index in [4.69, 9.17) is 16.3 Å². The zero-order valence-electron chi connectivity index (χ0n) is 14.7. The van der Waals surface area contributed by atoms with Crippen LogP contribution in [0.2, 0.25) is 5.02 Å². The third-order valence-electron chi connectivity index (χ3n) is 4.30. The van der Waals surface area contributed by atoms with E-state index in [2.05, 4.69) is 37.6 Å². The second-order valence-corrected chi connectivity index (χ2v) is 6.60. The molecule has 6 nitrogen and oxygen atoms in total. The Balaban J connectivity index is 1.52. The van der Waals surface area contributed by atoms with Gasteiger partial charge in [0, 0.05) is 29.9 Å². The van der Waals surface area contributed by atoms with E-state index in [1.165, 1.54) is 6.33 Å². The largest absolute Gasteiger partial charge is 0.378 e. The van der Waals surface area contributed by atoms with Crippen molar-refractivity contribution in [2.45, 2.75) is 0 Å². The maximum Gasteiger partial charge on any atom is 0.135 e. The maximum absolute atomic E-state index is 5.93. The van der Waals surface area contributed by atoms with Crippen LogP contribution in [0.3, 0.4) is 0 Å². The van der Waals surface area contributed by atoms with Crippen LogP contribution in [0.1, 0.15) is 0 Å². The van der Waals surface area contributed by atoms with E-state index >= 15 is 0 Å². The fourth-order valence-corrected chi connectivity index (χ4v) is 3.10. The normalized spacial score (nSPS) is 14.0. The van der Waals surface area contributed by atoms with E-state index in [-0.39, 0.29) is 0 Å². The van der Waals surface area contributed by atoms with Crippen molar-refractivity contribution in [1.82, 2.24) is 9.97 Å². The number of hydrogen-bond donors (Lipinski definition) is 2. The van der Waals surface area contributed by atoms with Crippen LogP contribution in [0.15, 0.2) is 60.9 Å². The summed E-state index contributed by atoms with van der Waals surface area (Å²) in [6, 6.07) is 17.6. The van der Waals surface area contributed by atoms with Gasteiger partial charge in [-0.25, -0.2) is 9.97 Å². The molecule has 27 heavy (non-hydrogen) atoms. The van der Waals surface area contributed by atoms with Crippen molar-refractivity contribution in [1.29, 1.82) is 0 Å². The van der Waals surface area contributed by atoms with Crippen molar-refractivity contribution < 1.29 is 4.74 Å². The first kappa shape index (κ1) is 17.6. The molecule has 2 N–H and O–H groups in total. The minimum absolute atomic E-state index is 0.699. The molecule has 0 radical (unpaired) electrons. The van der Waals surface area contributed by atoms with E-state index in [0.29, 0.717) is 10.8 Å². The number of rotatable bonds is 5. The molecular weight excluding hydrogens is 362 g/mol. The summed E-state index contributed by atoms with van der Waals surface area (Å²) in [5.74, 6) is 1.43. The number of para-hydroxylation sites is 2. The molecule has 0 spiro atoms. The fourth-order valence-electron chi connectivity index (χ4n) is 2.97. The standard InChI is InChI=1S/C20H20ClN5O/c21-15-5-7-16(8-6-15)24-19-13-20(23-14-22-19)25-17-3-1-2-4-18(17)26-9-11-27-12-10-26/h1-8,13-14H,9-12H2,(H2,22,23,24,25). The number of ether oxygens (including phenoxy) is 1. The van der Waals surface area contributed by atoms with E-state index in [1.807, 2.05) is 42.5 Å². The van der Waals surface area contributed by atoms with Gasteiger partial charge in [0.05, 0.1) is 24.6 Å². The third kappa shape index (κ3) is 4.48. The molecule has 0 saturated carbocycles. The monoisotopic (exact) mass is 381 g/mol. The Labute approximate surface area is 163 Å². The summed E-state index contributed by atoms with van der Waals surface area (Å²) >= 11 is 5.93. The molecule has 0 bridgehead atoms. The summed E-state index contributed by atoms with van der Waals surface area (Å²) in [6.07, 6.45) is 1.54. The van der Waals surface area contributed by atoms with Crippen molar-refractivity contribution in [2.75, 3.05) is 41.8 Å². The minimum atomic E-state index is 0.699. The van der Waals surface area contributed by atoms with Gasteiger partial charge >= 0.3 is 0 Å². The first-order valence-corrected chi connectivity index (χ1v) is 9.19. The van der Waals surface area contributed by atoms with Crippen molar-refractivity contribution >= 4 is 40.3 Å². The summed E-state index contributed by atoms with van der Waals surface area (Å²) in [5, 5.41) is 7.37. The minimum Gasteiger partial charge on any atom is -0.378 e. The van der Waals surface area contributed by atoms with E-state index in [9.17, 15) is 0 Å². The summed E-state index contributed by atoms with van der Waals surface area (Å²) in [7, 11) is 0. The number of halogens is 1. The van der Waals surface area contributed by atoms with Gasteiger partial charge in [0.1, 0.15) is 18.0 Å². The first-order chi connectivity index (χ1) is 13.3. The van der Waals surface area contributed by atoms with Gasteiger partial charge < -0.3 is 20.3 Å². The number of anilines is 5. The van der Waals surface area contributed by atoms with E-state index in [0.717, 1.165) is 49.2 Å². The van der Waals surface area contributed by atoms with Gasteiger partial charge in [-0.05, 0) is 36.4 Å². The Morgan fingerprint density at radius 1 is 0.889 bits per heavy atom. The fraction of sp³-hybridized carbons (Fsp3) is 0.200. The SMILES string of the molecule is Clc1ccc(Nc2cc(Nc3ccccc3N3CCOCC3)ncn2)cc1. The predicted octanol–water partition coefficient (Wildman–Crippen LogP) is 4.45. The average Bonchev–Trinajstić information content (AvgIpc) is 2.71. The molecule has 0 aliphatic carbocycles. The summed E-state index contributed by atoms with van der Waals surface area (Å²) in [4.78, 5) is 11.0. The molecule has 4 rings (SSSR count). The molecule has 0 unspecified atom stereocenters. The molecule has 0 atom stereocenters. The van der Waals surface area contributed by atoms with Crippen LogP contribution >= 0.6 is 11.6 Å². The zero-order chi connectivity index (χ0) is 18.5. The van der Waals surface area contributed by atoms with E-state index in [1.54, 1.807) is 0 Å². The molecule has 2 heterocycles. The van der Waals surface area contributed by atoms with Crippen molar-refractivity contribution in [3.63, 3.8) is 0 Å². The van der Waals surface area contributed by atoms with Crippen LogP contribution in [0.4, 0.5) is 28.7 Å². The number of nitrogens with one attached hydrogen (secondary N) is 2. The second kappa shape index (κ2) is 8.24. The quantitative estimate of drug-likeness (QED) is 0.680. The molecule has 138 valence electrons. The molecular formula is C20H20ClN5O. The molecule has 7 heteroatoms. The van der Waals surface area contributed by atoms with Crippen LogP contribution in [0.5, 0.6) is 0 Å². The summed E-state index contributed by atoms with van der Waals surface area (Å²) in [5.41, 5.74) is 3.07. The average molecular weight is 382 g/mol. The number of nitrogens with zero attached hydrogens (tertiary/aromatic N) is 3. The lowest BCUT2D eigenvalue weighted by Gasteiger charge is -2.30. The molecule has 1 fully saturated rings. The molecule has 1 aliphatic heterocycles. The van der Waals surface area contributed by atoms with Gasteiger partial charge in [-0.1, -0.05) is 23.7 Å². The van der Waals surface area contributed by atoms with Gasteiger partial charge in [0.2, 0.25) is 0 Å². The van der Waals surface area contributed by atoms with Crippen LogP contribution in [0, 0.1) is 0 Å². The third-order valence-corrected chi connectivity index (χ3v) is 4.55. The van der Waals surface area contributed by atoms with Crippen molar-refractivity contribution in [3.8, 4) is 0 Å². The Hall–Kier alpha value is -2.83. The van der Waals surface area contributed by atoms with Crippen molar-refractivity contribution in [3.05, 3.63) is 65.9 Å². The summed E-state index contributed by atoms with van der Waals surface area (Å²) in [6.45, 7) is 3.26. The number of morpholine rings is 1. The molecule has 1 aromatic heterocycles. The number of hydrogen-bond acceptors (Lipinski definition) is 6. The van der Waals surface area contributed by atoms with E-state index < -0.39 is 0 Å². The van der Waals surface area contributed by atoms with Gasteiger partial charge in [-0.15, -0.1) is 0 Å². The highest BCUT2D eigenvalue weighted by molar-refractivity contribution is 6.30. The lowest BCUT2D eigenvalue weighted by Crippen LogP contribution is -2.36. The van der Waals surface area contributed by atoms with Crippen LogP contribution in [0.25, 0.3) is 0 Å². The smallest absolute Gasteiger partial charge is 0.135 e. The van der Waals surface area contributed by atoms with Crippen LogP contribution < -0.4 is 15.5 Å². The maximum atomic E-state index is 5.93. The van der Waals surface area contributed by atoms with Gasteiger partial charge in [0.15, 0.2) is 0 Å². The zero-order valence-corrected chi connectivity index (χ0v) is 15.5. The molecule has 1 aliphatic rings. The Kier molecular flexibility index (Phi) is 5.37. The van der Waals surface area contributed by atoms with Gasteiger partial charge in [-0.3, -0.25) is 0 Å². The highest BCUT2D eigenvalue weighted by Gasteiger charge is 2.14. The molecule has 3 aromatic rings.